The fraction of sp³-hybridized carbons (Fsp3) is 0.455. The monoisotopic (exact) mass is 213 g/mol. The van der Waals surface area contributed by atoms with Crippen molar-refractivity contribution in [2.75, 3.05) is 6.61 Å². The van der Waals surface area contributed by atoms with E-state index in [2.05, 4.69) is 0 Å². The Morgan fingerprint density at radius 2 is 2.00 bits per heavy atom. The van der Waals surface area contributed by atoms with Crippen LogP contribution in [0.15, 0.2) is 6.07 Å². The highest BCUT2D eigenvalue weighted by Crippen LogP contribution is 2.38. The van der Waals surface area contributed by atoms with Gasteiger partial charge in [-0.05, 0) is 13.8 Å². The molecule has 1 aromatic carbocycles. The third kappa shape index (κ3) is 1.59. The number of ether oxygens (including phenoxy) is 1. The summed E-state index contributed by atoms with van der Waals surface area (Å²) in [4.78, 5) is 0. The maximum Gasteiger partial charge on any atom is 0.134 e. The van der Waals surface area contributed by atoms with Gasteiger partial charge in [0.1, 0.15) is 17.4 Å². The molecule has 0 amide bonds. The molecular weight excluding hydrogens is 200 g/mol. The molecule has 15 heavy (non-hydrogen) atoms. The molecule has 2 N–H and O–H groups in total. The van der Waals surface area contributed by atoms with E-state index in [9.17, 15) is 8.78 Å². The molecule has 0 unspecified atom stereocenters. The summed E-state index contributed by atoms with van der Waals surface area (Å²) < 4.78 is 32.2. The van der Waals surface area contributed by atoms with Crippen molar-refractivity contribution in [2.45, 2.75) is 25.8 Å². The molecule has 0 saturated carbocycles. The molecule has 1 aliphatic rings. The van der Waals surface area contributed by atoms with Crippen molar-refractivity contribution in [3.8, 4) is 5.75 Å². The minimum absolute atomic E-state index is 0.261. The van der Waals surface area contributed by atoms with Gasteiger partial charge in [-0.2, -0.15) is 0 Å². The van der Waals surface area contributed by atoms with Crippen LogP contribution in [-0.2, 0) is 12.0 Å². The van der Waals surface area contributed by atoms with Crippen LogP contribution in [0.25, 0.3) is 0 Å². The lowest BCUT2D eigenvalue weighted by atomic mass is 9.92. The number of nitrogens with two attached hydrogens (primary N) is 1. The minimum atomic E-state index is -0.869. The zero-order valence-corrected chi connectivity index (χ0v) is 8.73. The quantitative estimate of drug-likeness (QED) is 0.775. The van der Waals surface area contributed by atoms with Gasteiger partial charge in [0.2, 0.25) is 0 Å². The molecule has 0 saturated heterocycles. The summed E-state index contributed by atoms with van der Waals surface area (Å²) in [5.74, 6) is -0.895. The lowest BCUT2D eigenvalue weighted by Gasteiger charge is -2.22. The average molecular weight is 213 g/mol. The highest BCUT2D eigenvalue weighted by molar-refractivity contribution is 5.48. The molecule has 1 aromatic rings. The van der Waals surface area contributed by atoms with E-state index in [0.29, 0.717) is 24.3 Å². The van der Waals surface area contributed by atoms with Crippen molar-refractivity contribution < 1.29 is 13.5 Å². The molecule has 0 radical (unpaired) electrons. The number of fused-ring (bicyclic) bond motifs is 1. The van der Waals surface area contributed by atoms with Gasteiger partial charge >= 0.3 is 0 Å². The molecule has 0 aromatic heterocycles. The number of rotatable bonds is 1. The van der Waals surface area contributed by atoms with E-state index in [0.717, 1.165) is 6.07 Å². The van der Waals surface area contributed by atoms with E-state index >= 15 is 0 Å². The van der Waals surface area contributed by atoms with Crippen LogP contribution in [0, 0.1) is 11.6 Å². The fourth-order valence-corrected chi connectivity index (χ4v) is 1.89. The first kappa shape index (κ1) is 10.4. The van der Waals surface area contributed by atoms with Crippen LogP contribution in [0.4, 0.5) is 8.78 Å². The maximum absolute atomic E-state index is 13.6. The molecule has 2 nitrogen and oxygen atoms in total. The van der Waals surface area contributed by atoms with Crippen molar-refractivity contribution in [1.82, 2.24) is 0 Å². The lowest BCUT2D eigenvalue weighted by Crippen LogP contribution is -2.30. The van der Waals surface area contributed by atoms with Crippen molar-refractivity contribution in [3.05, 3.63) is 28.8 Å². The topological polar surface area (TPSA) is 35.2 Å². The molecule has 2 rings (SSSR count). The van der Waals surface area contributed by atoms with E-state index in [-0.39, 0.29) is 5.56 Å². The van der Waals surface area contributed by atoms with Crippen molar-refractivity contribution in [1.29, 1.82) is 0 Å². The summed E-state index contributed by atoms with van der Waals surface area (Å²) in [5, 5.41) is 0. The molecule has 4 heteroatoms. The Labute approximate surface area is 87.0 Å². The molecule has 1 aliphatic heterocycles. The summed E-state index contributed by atoms with van der Waals surface area (Å²) in [6.07, 6.45) is 0.477. The molecule has 82 valence electrons. The van der Waals surface area contributed by atoms with Crippen molar-refractivity contribution in [2.24, 2.45) is 5.73 Å². The summed E-state index contributed by atoms with van der Waals surface area (Å²) >= 11 is 0. The Kier molecular flexibility index (Phi) is 2.19. The Hall–Kier alpha value is -1.16. The third-order valence-corrected chi connectivity index (χ3v) is 2.52. The zero-order valence-electron chi connectivity index (χ0n) is 8.73. The van der Waals surface area contributed by atoms with E-state index in [4.69, 9.17) is 10.5 Å². The Bertz CT molecular complexity index is 410. The van der Waals surface area contributed by atoms with Crippen molar-refractivity contribution in [3.63, 3.8) is 0 Å². The van der Waals surface area contributed by atoms with Crippen LogP contribution in [-0.4, -0.2) is 6.61 Å². The Morgan fingerprint density at radius 1 is 1.33 bits per heavy atom. The maximum atomic E-state index is 13.6. The van der Waals surface area contributed by atoms with Crippen molar-refractivity contribution >= 4 is 0 Å². The predicted octanol–water partition coefficient (Wildman–Crippen LogP) is 2.09. The summed E-state index contributed by atoms with van der Waals surface area (Å²) in [5.41, 5.74) is 5.67. The predicted molar refractivity (Wildman–Crippen MR) is 52.8 cm³/mol. The van der Waals surface area contributed by atoms with Gasteiger partial charge in [-0.1, -0.05) is 0 Å². The van der Waals surface area contributed by atoms with Gasteiger partial charge in [0, 0.05) is 29.2 Å². The summed E-state index contributed by atoms with van der Waals surface area (Å²) in [6.45, 7) is 3.73. The second kappa shape index (κ2) is 3.17. The van der Waals surface area contributed by atoms with E-state index in [1.54, 1.807) is 13.8 Å². The van der Waals surface area contributed by atoms with Crippen LogP contribution >= 0.6 is 0 Å². The first-order valence-corrected chi connectivity index (χ1v) is 4.84. The minimum Gasteiger partial charge on any atom is -0.492 e. The standard InChI is InChI=1S/C11H13F2NO/c1-11(2,14)9-8(13)5-7(12)6-3-4-15-10(6)9/h5H,3-4,14H2,1-2H3. The van der Waals surface area contributed by atoms with Crippen LogP contribution in [0.2, 0.25) is 0 Å². The average Bonchev–Trinajstić information content (AvgIpc) is 2.49. The normalized spacial score (nSPS) is 15.0. The number of hydrogen-bond acceptors (Lipinski definition) is 2. The highest BCUT2D eigenvalue weighted by atomic mass is 19.1. The van der Waals surface area contributed by atoms with Gasteiger partial charge in [-0.3, -0.25) is 0 Å². The molecule has 0 fully saturated rings. The molecular formula is C11H13F2NO. The second-order valence-corrected chi connectivity index (χ2v) is 4.34. The van der Waals surface area contributed by atoms with E-state index in [1.165, 1.54) is 0 Å². The third-order valence-electron chi connectivity index (χ3n) is 2.52. The zero-order chi connectivity index (χ0) is 11.2. The lowest BCUT2D eigenvalue weighted by molar-refractivity contribution is 0.340. The number of benzene rings is 1. The van der Waals surface area contributed by atoms with Gasteiger partial charge in [0.05, 0.1) is 6.61 Å². The molecule has 0 atom stereocenters. The molecule has 0 aliphatic carbocycles. The van der Waals surface area contributed by atoms with E-state index in [1.807, 2.05) is 0 Å². The van der Waals surface area contributed by atoms with Gasteiger partial charge < -0.3 is 10.5 Å². The Balaban J connectivity index is 2.70. The van der Waals surface area contributed by atoms with Gasteiger partial charge in [-0.25, -0.2) is 8.78 Å². The number of hydrogen-bond donors (Lipinski definition) is 1. The molecule has 0 bridgehead atoms. The Morgan fingerprint density at radius 3 is 2.60 bits per heavy atom. The highest BCUT2D eigenvalue weighted by Gasteiger charge is 2.31. The summed E-state index contributed by atoms with van der Waals surface area (Å²) in [6, 6.07) is 0.886. The molecule has 1 heterocycles. The van der Waals surface area contributed by atoms with Gasteiger partial charge in [-0.15, -0.1) is 0 Å². The van der Waals surface area contributed by atoms with Crippen LogP contribution in [0.3, 0.4) is 0 Å². The van der Waals surface area contributed by atoms with E-state index < -0.39 is 17.2 Å². The fourth-order valence-electron chi connectivity index (χ4n) is 1.89. The largest absolute Gasteiger partial charge is 0.492 e. The first-order valence-electron chi connectivity index (χ1n) is 4.84. The van der Waals surface area contributed by atoms with Crippen LogP contribution < -0.4 is 10.5 Å². The van der Waals surface area contributed by atoms with Crippen LogP contribution in [0.5, 0.6) is 5.75 Å². The smallest absolute Gasteiger partial charge is 0.134 e. The van der Waals surface area contributed by atoms with Gasteiger partial charge in [0.25, 0.3) is 0 Å². The van der Waals surface area contributed by atoms with Gasteiger partial charge in [0.15, 0.2) is 0 Å². The van der Waals surface area contributed by atoms with Crippen LogP contribution in [0.1, 0.15) is 25.0 Å². The number of halogens is 2. The first-order chi connectivity index (χ1) is 6.91. The SMILES string of the molecule is CC(C)(N)c1c(F)cc(F)c2c1OCC2. The molecule has 0 spiro atoms. The second-order valence-electron chi connectivity index (χ2n) is 4.34. The summed E-state index contributed by atoms with van der Waals surface area (Å²) in [7, 11) is 0.